The van der Waals surface area contributed by atoms with Crippen LogP contribution < -0.4 is 11.3 Å². The third-order valence-corrected chi connectivity index (χ3v) is 3.73. The average Bonchev–Trinajstić information content (AvgIpc) is 2.33. The maximum atomic E-state index is 13.9. The van der Waals surface area contributed by atoms with E-state index in [0.717, 1.165) is 19.2 Å². The number of rotatable bonds is 6. The molecule has 0 amide bonds. The largest absolute Gasteiger partial charge is 0.297 e. The summed E-state index contributed by atoms with van der Waals surface area (Å²) in [4.78, 5) is 2.18. The van der Waals surface area contributed by atoms with Gasteiger partial charge in [-0.05, 0) is 33.0 Å². The second-order valence-electron chi connectivity index (χ2n) is 5.09. The van der Waals surface area contributed by atoms with Crippen molar-refractivity contribution in [2.45, 2.75) is 39.3 Å². The maximum Gasteiger partial charge on any atom is 0.131 e. The molecule has 0 spiro atoms. The highest BCUT2D eigenvalue weighted by Crippen LogP contribution is 2.32. The van der Waals surface area contributed by atoms with Crippen LogP contribution >= 0.6 is 0 Å². The van der Waals surface area contributed by atoms with Gasteiger partial charge < -0.3 is 0 Å². The van der Waals surface area contributed by atoms with E-state index in [1.165, 1.54) is 12.1 Å². The van der Waals surface area contributed by atoms with Gasteiger partial charge in [0.25, 0.3) is 0 Å². The molecule has 0 fully saturated rings. The Morgan fingerprint density at radius 1 is 1.26 bits per heavy atom. The van der Waals surface area contributed by atoms with E-state index >= 15 is 0 Å². The predicted octanol–water partition coefficient (Wildman–Crippen LogP) is 2.59. The molecule has 108 valence electrons. The summed E-state index contributed by atoms with van der Waals surface area (Å²) < 4.78 is 26.9. The number of halogens is 2. The maximum absolute atomic E-state index is 13.9. The fourth-order valence-corrected chi connectivity index (χ4v) is 2.63. The molecule has 1 aromatic carbocycles. The van der Waals surface area contributed by atoms with Gasteiger partial charge >= 0.3 is 0 Å². The van der Waals surface area contributed by atoms with E-state index < -0.39 is 23.2 Å². The Hall–Kier alpha value is -1.04. The lowest BCUT2D eigenvalue weighted by Gasteiger charge is -2.43. The SMILES string of the molecule is CCN(CC)C(C)(C)C(NN)c1ccc(F)cc1F. The highest BCUT2D eigenvalue weighted by atomic mass is 19.1. The summed E-state index contributed by atoms with van der Waals surface area (Å²) in [6.07, 6.45) is 0. The molecule has 0 saturated carbocycles. The second-order valence-corrected chi connectivity index (χ2v) is 5.09. The molecule has 1 aromatic rings. The van der Waals surface area contributed by atoms with Gasteiger partial charge in [-0.15, -0.1) is 0 Å². The molecule has 1 atom stereocenters. The van der Waals surface area contributed by atoms with Crippen molar-refractivity contribution in [2.24, 2.45) is 5.84 Å². The number of nitrogens with one attached hydrogen (secondary N) is 1. The lowest BCUT2D eigenvalue weighted by atomic mass is 9.87. The number of nitrogens with two attached hydrogens (primary N) is 1. The molecule has 0 bridgehead atoms. The molecule has 1 rings (SSSR count). The van der Waals surface area contributed by atoms with E-state index in [4.69, 9.17) is 5.84 Å². The van der Waals surface area contributed by atoms with Crippen LogP contribution in [-0.4, -0.2) is 23.5 Å². The molecule has 0 saturated heterocycles. The zero-order valence-corrected chi connectivity index (χ0v) is 12.0. The van der Waals surface area contributed by atoms with E-state index in [1.54, 1.807) is 0 Å². The van der Waals surface area contributed by atoms with Crippen molar-refractivity contribution < 1.29 is 8.78 Å². The molecule has 0 heterocycles. The first-order valence-electron chi connectivity index (χ1n) is 6.54. The van der Waals surface area contributed by atoms with Crippen molar-refractivity contribution in [3.63, 3.8) is 0 Å². The van der Waals surface area contributed by atoms with Crippen molar-refractivity contribution in [1.29, 1.82) is 0 Å². The van der Waals surface area contributed by atoms with E-state index in [2.05, 4.69) is 10.3 Å². The molecule has 3 nitrogen and oxygen atoms in total. The average molecular weight is 271 g/mol. The fraction of sp³-hybridized carbons (Fsp3) is 0.571. The minimum absolute atomic E-state index is 0.376. The summed E-state index contributed by atoms with van der Waals surface area (Å²) in [5.74, 6) is 4.44. The van der Waals surface area contributed by atoms with E-state index in [9.17, 15) is 8.78 Å². The van der Waals surface area contributed by atoms with Gasteiger partial charge in [-0.2, -0.15) is 0 Å². The smallest absolute Gasteiger partial charge is 0.131 e. The Bertz CT molecular complexity index is 417. The number of hydrogen-bond acceptors (Lipinski definition) is 3. The lowest BCUT2D eigenvalue weighted by Crippen LogP contribution is -2.54. The molecule has 1 unspecified atom stereocenters. The van der Waals surface area contributed by atoms with Crippen LogP contribution in [0.3, 0.4) is 0 Å². The van der Waals surface area contributed by atoms with E-state index in [1.807, 2.05) is 27.7 Å². The lowest BCUT2D eigenvalue weighted by molar-refractivity contribution is 0.0897. The molecule has 19 heavy (non-hydrogen) atoms. The molecular formula is C14H23F2N3. The Labute approximate surface area is 113 Å². The van der Waals surface area contributed by atoms with Gasteiger partial charge in [-0.3, -0.25) is 16.2 Å². The van der Waals surface area contributed by atoms with Gasteiger partial charge in [-0.1, -0.05) is 19.9 Å². The van der Waals surface area contributed by atoms with Crippen LogP contribution in [0.25, 0.3) is 0 Å². The third kappa shape index (κ3) is 3.29. The first-order chi connectivity index (χ1) is 8.88. The molecule has 3 N–H and O–H groups in total. The highest BCUT2D eigenvalue weighted by Gasteiger charge is 2.35. The van der Waals surface area contributed by atoms with Crippen molar-refractivity contribution in [3.8, 4) is 0 Å². The molecule has 0 aliphatic heterocycles. The van der Waals surface area contributed by atoms with E-state index in [0.29, 0.717) is 5.56 Å². The Balaban J connectivity index is 3.18. The van der Waals surface area contributed by atoms with Crippen LogP contribution in [0.15, 0.2) is 18.2 Å². The molecule has 0 aliphatic rings. The van der Waals surface area contributed by atoms with Crippen molar-refractivity contribution in [2.75, 3.05) is 13.1 Å². The predicted molar refractivity (Wildman–Crippen MR) is 73.4 cm³/mol. The molecule has 0 radical (unpaired) electrons. The van der Waals surface area contributed by atoms with Crippen LogP contribution in [0.5, 0.6) is 0 Å². The number of hydrazine groups is 1. The molecule has 0 aromatic heterocycles. The van der Waals surface area contributed by atoms with Gasteiger partial charge in [0.1, 0.15) is 11.6 Å². The Kier molecular flexibility index (Phi) is 5.40. The standard InChI is InChI=1S/C14H23F2N3/c1-5-19(6-2)14(3,4)13(18-17)11-8-7-10(15)9-12(11)16/h7-9,13,18H,5-6,17H2,1-4H3. The minimum Gasteiger partial charge on any atom is -0.297 e. The van der Waals surface area contributed by atoms with Gasteiger partial charge in [0.15, 0.2) is 0 Å². The topological polar surface area (TPSA) is 41.3 Å². The summed E-state index contributed by atoms with van der Waals surface area (Å²) >= 11 is 0. The Morgan fingerprint density at radius 3 is 2.26 bits per heavy atom. The summed E-state index contributed by atoms with van der Waals surface area (Å²) in [5, 5.41) is 0. The monoisotopic (exact) mass is 271 g/mol. The van der Waals surface area contributed by atoms with Crippen molar-refractivity contribution >= 4 is 0 Å². The van der Waals surface area contributed by atoms with Crippen LogP contribution in [0, 0.1) is 11.6 Å². The number of hydrogen-bond donors (Lipinski definition) is 2. The van der Waals surface area contributed by atoms with Crippen LogP contribution in [0.2, 0.25) is 0 Å². The van der Waals surface area contributed by atoms with Gasteiger partial charge in [0, 0.05) is 17.2 Å². The summed E-state index contributed by atoms with van der Waals surface area (Å²) in [7, 11) is 0. The van der Waals surface area contributed by atoms with Crippen LogP contribution in [0.1, 0.15) is 39.3 Å². The minimum atomic E-state index is -0.585. The zero-order valence-electron chi connectivity index (χ0n) is 12.0. The van der Waals surface area contributed by atoms with Gasteiger partial charge in [0.05, 0.1) is 6.04 Å². The van der Waals surface area contributed by atoms with Crippen LogP contribution in [-0.2, 0) is 0 Å². The first-order valence-corrected chi connectivity index (χ1v) is 6.54. The second kappa shape index (κ2) is 6.41. The van der Waals surface area contributed by atoms with Crippen molar-refractivity contribution in [3.05, 3.63) is 35.4 Å². The van der Waals surface area contributed by atoms with E-state index in [-0.39, 0.29) is 0 Å². The normalized spacial score (nSPS) is 13.9. The van der Waals surface area contributed by atoms with Gasteiger partial charge in [0.2, 0.25) is 0 Å². The summed E-state index contributed by atoms with van der Waals surface area (Å²) in [6.45, 7) is 9.72. The first kappa shape index (κ1) is 16.0. The van der Waals surface area contributed by atoms with Crippen molar-refractivity contribution in [1.82, 2.24) is 10.3 Å². The zero-order chi connectivity index (χ0) is 14.6. The number of nitrogens with zero attached hydrogens (tertiary/aromatic N) is 1. The Morgan fingerprint density at radius 2 is 1.84 bits per heavy atom. The van der Waals surface area contributed by atoms with Crippen LogP contribution in [0.4, 0.5) is 8.78 Å². The number of benzene rings is 1. The number of likely N-dealkylation sites (N-methyl/N-ethyl adjacent to an activating group) is 1. The molecular weight excluding hydrogens is 248 g/mol. The quantitative estimate of drug-likeness (QED) is 0.617. The van der Waals surface area contributed by atoms with Gasteiger partial charge in [-0.25, -0.2) is 8.78 Å². The summed E-state index contributed by atoms with van der Waals surface area (Å²) in [5.41, 5.74) is 2.65. The fourth-order valence-electron chi connectivity index (χ4n) is 2.63. The highest BCUT2D eigenvalue weighted by molar-refractivity contribution is 5.25. The molecule has 0 aliphatic carbocycles. The summed E-state index contributed by atoms with van der Waals surface area (Å²) in [6, 6.07) is 3.16. The third-order valence-electron chi connectivity index (χ3n) is 3.73. The molecule has 5 heteroatoms.